The molecule has 0 bridgehead atoms. The maximum atomic E-state index is 12.3. The Morgan fingerprint density at radius 2 is 2.12 bits per heavy atom. The van der Waals surface area contributed by atoms with Crippen LogP contribution in [0.3, 0.4) is 0 Å². The molecule has 0 spiro atoms. The van der Waals surface area contributed by atoms with Crippen LogP contribution in [-0.4, -0.2) is 27.2 Å². The van der Waals surface area contributed by atoms with E-state index < -0.39 is 0 Å². The van der Waals surface area contributed by atoms with Crippen molar-refractivity contribution < 1.29 is 4.79 Å². The van der Waals surface area contributed by atoms with Crippen molar-refractivity contribution in [2.24, 2.45) is 0 Å². The normalized spacial score (nSPS) is 11.1. The molecular weight excluding hydrogens is 300 g/mol. The molecule has 0 aliphatic carbocycles. The van der Waals surface area contributed by atoms with E-state index in [2.05, 4.69) is 40.5 Å². The van der Waals surface area contributed by atoms with Crippen LogP contribution in [0.25, 0.3) is 10.9 Å². The monoisotopic (exact) mass is 324 g/mol. The third kappa shape index (κ3) is 3.35. The van der Waals surface area contributed by atoms with E-state index >= 15 is 0 Å². The summed E-state index contributed by atoms with van der Waals surface area (Å²) in [5, 5.41) is 8.46. The molecule has 0 aliphatic rings. The average Bonchev–Trinajstić information content (AvgIpc) is 3.11. The van der Waals surface area contributed by atoms with Gasteiger partial charge in [0.15, 0.2) is 0 Å². The van der Waals surface area contributed by atoms with E-state index in [0.717, 1.165) is 34.3 Å². The van der Waals surface area contributed by atoms with Crippen molar-refractivity contribution in [3.8, 4) is 0 Å². The van der Waals surface area contributed by atoms with Gasteiger partial charge in [-0.15, -0.1) is 0 Å². The summed E-state index contributed by atoms with van der Waals surface area (Å²) in [5.41, 5.74) is 5.60. The van der Waals surface area contributed by atoms with Crippen molar-refractivity contribution in [2.45, 2.75) is 40.2 Å². The first-order valence-corrected chi connectivity index (χ1v) is 8.44. The highest BCUT2D eigenvalue weighted by atomic mass is 16.1. The Hall–Kier alpha value is -2.56. The molecule has 0 atom stereocenters. The summed E-state index contributed by atoms with van der Waals surface area (Å²) in [7, 11) is 0. The topological polar surface area (TPSA) is 62.7 Å². The molecule has 2 heterocycles. The number of rotatable bonds is 6. The van der Waals surface area contributed by atoms with E-state index in [1.807, 2.05) is 30.8 Å². The van der Waals surface area contributed by atoms with Gasteiger partial charge >= 0.3 is 0 Å². The Morgan fingerprint density at radius 1 is 1.29 bits per heavy atom. The predicted molar refractivity (Wildman–Crippen MR) is 96.1 cm³/mol. The van der Waals surface area contributed by atoms with Crippen LogP contribution in [0.4, 0.5) is 0 Å². The third-order valence-electron chi connectivity index (χ3n) is 4.40. The van der Waals surface area contributed by atoms with Gasteiger partial charge in [-0.25, -0.2) is 0 Å². The number of hydrogen-bond acceptors (Lipinski definition) is 2. The second kappa shape index (κ2) is 6.91. The SMILES string of the molecule is CCc1cccc2c(CC(=O)NCCn3ccc(C)n3)c(C)[nH]c12. The molecule has 126 valence electrons. The van der Waals surface area contributed by atoms with Gasteiger partial charge in [0.1, 0.15) is 0 Å². The Labute approximate surface area is 142 Å². The number of hydrogen-bond donors (Lipinski definition) is 2. The molecule has 0 saturated heterocycles. The summed E-state index contributed by atoms with van der Waals surface area (Å²) >= 11 is 0. The number of para-hydroxylation sites is 1. The minimum atomic E-state index is 0.0461. The van der Waals surface area contributed by atoms with Crippen molar-refractivity contribution in [3.05, 3.63) is 53.0 Å². The van der Waals surface area contributed by atoms with Gasteiger partial charge in [-0.1, -0.05) is 25.1 Å². The van der Waals surface area contributed by atoms with E-state index in [1.54, 1.807) is 0 Å². The summed E-state index contributed by atoms with van der Waals surface area (Å²) in [5.74, 6) is 0.0461. The highest BCUT2D eigenvalue weighted by Crippen LogP contribution is 2.25. The van der Waals surface area contributed by atoms with E-state index in [4.69, 9.17) is 0 Å². The number of H-pyrrole nitrogens is 1. The highest BCUT2D eigenvalue weighted by molar-refractivity contribution is 5.91. The minimum Gasteiger partial charge on any atom is -0.358 e. The first-order valence-electron chi connectivity index (χ1n) is 8.44. The van der Waals surface area contributed by atoms with Gasteiger partial charge in [0.2, 0.25) is 5.91 Å². The van der Waals surface area contributed by atoms with Crippen LogP contribution in [0.15, 0.2) is 30.5 Å². The maximum Gasteiger partial charge on any atom is 0.224 e. The maximum absolute atomic E-state index is 12.3. The molecule has 0 aliphatic heterocycles. The lowest BCUT2D eigenvalue weighted by Gasteiger charge is -2.06. The smallest absolute Gasteiger partial charge is 0.224 e. The molecule has 0 saturated carbocycles. The van der Waals surface area contributed by atoms with Crippen LogP contribution in [0, 0.1) is 13.8 Å². The molecule has 3 rings (SSSR count). The number of aryl methyl sites for hydroxylation is 3. The van der Waals surface area contributed by atoms with E-state index in [1.165, 1.54) is 5.56 Å². The van der Waals surface area contributed by atoms with Crippen LogP contribution in [0.5, 0.6) is 0 Å². The predicted octanol–water partition coefficient (Wildman–Crippen LogP) is 2.90. The number of benzene rings is 1. The second-order valence-electron chi connectivity index (χ2n) is 6.17. The van der Waals surface area contributed by atoms with Gasteiger partial charge in [0.05, 0.1) is 18.7 Å². The van der Waals surface area contributed by atoms with Crippen molar-refractivity contribution >= 4 is 16.8 Å². The molecule has 2 N–H and O–H groups in total. The molecule has 0 fully saturated rings. The second-order valence-corrected chi connectivity index (χ2v) is 6.17. The zero-order valence-electron chi connectivity index (χ0n) is 14.5. The number of aromatic amines is 1. The van der Waals surface area contributed by atoms with Gasteiger partial charge in [-0.2, -0.15) is 5.10 Å². The van der Waals surface area contributed by atoms with Crippen LogP contribution >= 0.6 is 0 Å². The summed E-state index contributed by atoms with van der Waals surface area (Å²) in [6, 6.07) is 8.25. The van der Waals surface area contributed by atoms with Gasteiger partial charge < -0.3 is 10.3 Å². The largest absolute Gasteiger partial charge is 0.358 e. The molecule has 5 heteroatoms. The number of amides is 1. The fourth-order valence-electron chi connectivity index (χ4n) is 3.11. The average molecular weight is 324 g/mol. The quantitative estimate of drug-likeness (QED) is 0.732. The van der Waals surface area contributed by atoms with E-state index in [0.29, 0.717) is 19.5 Å². The number of carbonyl (C=O) groups excluding carboxylic acids is 1. The highest BCUT2D eigenvalue weighted by Gasteiger charge is 2.13. The number of carbonyl (C=O) groups is 1. The zero-order valence-corrected chi connectivity index (χ0v) is 14.5. The number of fused-ring (bicyclic) bond motifs is 1. The molecule has 0 unspecified atom stereocenters. The summed E-state index contributed by atoms with van der Waals surface area (Å²) in [4.78, 5) is 15.7. The van der Waals surface area contributed by atoms with E-state index in [-0.39, 0.29) is 5.91 Å². The van der Waals surface area contributed by atoms with Crippen LogP contribution in [-0.2, 0) is 24.2 Å². The van der Waals surface area contributed by atoms with Crippen molar-refractivity contribution in [3.63, 3.8) is 0 Å². The van der Waals surface area contributed by atoms with Crippen LogP contribution in [0.1, 0.15) is 29.4 Å². The van der Waals surface area contributed by atoms with E-state index in [9.17, 15) is 4.79 Å². The fourth-order valence-corrected chi connectivity index (χ4v) is 3.11. The summed E-state index contributed by atoms with van der Waals surface area (Å²) < 4.78 is 1.85. The Bertz CT molecular complexity index is 860. The molecule has 24 heavy (non-hydrogen) atoms. The summed E-state index contributed by atoms with van der Waals surface area (Å²) in [6.07, 6.45) is 3.31. The third-order valence-corrected chi connectivity index (χ3v) is 4.40. The summed E-state index contributed by atoms with van der Waals surface area (Å²) in [6.45, 7) is 7.41. The Balaban J connectivity index is 1.66. The standard InChI is InChI=1S/C19H24N4O/c1-4-15-6-5-7-16-17(14(3)21-19(15)16)12-18(24)20-9-11-23-10-8-13(2)22-23/h5-8,10,21H,4,9,11-12H2,1-3H3,(H,20,24). The minimum absolute atomic E-state index is 0.0461. The van der Waals surface area contributed by atoms with Gasteiger partial charge in [-0.05, 0) is 37.5 Å². The molecule has 5 nitrogen and oxygen atoms in total. The van der Waals surface area contributed by atoms with Gasteiger partial charge in [0.25, 0.3) is 0 Å². The van der Waals surface area contributed by atoms with Crippen molar-refractivity contribution in [2.75, 3.05) is 6.54 Å². The first-order chi connectivity index (χ1) is 11.6. The van der Waals surface area contributed by atoms with Gasteiger partial charge in [-0.3, -0.25) is 9.48 Å². The van der Waals surface area contributed by atoms with Crippen molar-refractivity contribution in [1.82, 2.24) is 20.1 Å². The molecule has 3 aromatic rings. The lowest BCUT2D eigenvalue weighted by Crippen LogP contribution is -2.28. The Morgan fingerprint density at radius 3 is 2.83 bits per heavy atom. The van der Waals surface area contributed by atoms with Crippen molar-refractivity contribution in [1.29, 1.82) is 0 Å². The molecule has 2 aromatic heterocycles. The Kier molecular flexibility index (Phi) is 4.69. The molecule has 0 radical (unpaired) electrons. The molecule has 1 aromatic carbocycles. The lowest BCUT2D eigenvalue weighted by atomic mass is 10.0. The number of nitrogens with zero attached hydrogens (tertiary/aromatic N) is 2. The first kappa shape index (κ1) is 16.3. The molecular formula is C19H24N4O. The fraction of sp³-hybridized carbons (Fsp3) is 0.368. The lowest BCUT2D eigenvalue weighted by molar-refractivity contribution is -0.120. The van der Waals surface area contributed by atoms with Crippen LogP contribution in [0.2, 0.25) is 0 Å². The zero-order chi connectivity index (χ0) is 17.1. The van der Waals surface area contributed by atoms with Gasteiger partial charge in [0, 0.05) is 29.3 Å². The number of nitrogens with one attached hydrogen (secondary N) is 2. The van der Waals surface area contributed by atoms with Crippen LogP contribution < -0.4 is 5.32 Å². The number of aromatic nitrogens is 3. The molecule has 1 amide bonds.